The SMILES string of the molecule is CN(C)Cc1cc2c(N)nc3cc(C4=CC=NC4)ccc3c2[nH]1. The Kier molecular flexibility index (Phi) is 3.16. The number of benzene rings is 1. The maximum Gasteiger partial charge on any atom is 0.133 e. The second kappa shape index (κ2) is 5.21. The van der Waals surface area contributed by atoms with Crippen LogP contribution in [0, 0.1) is 0 Å². The second-order valence-corrected chi connectivity index (χ2v) is 6.23. The van der Waals surface area contributed by atoms with E-state index in [-0.39, 0.29) is 0 Å². The summed E-state index contributed by atoms with van der Waals surface area (Å²) >= 11 is 0. The van der Waals surface area contributed by atoms with Crippen molar-refractivity contribution in [2.45, 2.75) is 6.54 Å². The Hall–Kier alpha value is -2.66. The molecule has 116 valence electrons. The molecule has 3 aromatic rings. The lowest BCUT2D eigenvalue weighted by molar-refractivity contribution is 0.398. The van der Waals surface area contributed by atoms with Gasteiger partial charge in [0.15, 0.2) is 0 Å². The molecule has 0 unspecified atom stereocenters. The van der Waals surface area contributed by atoms with E-state index in [1.165, 1.54) is 5.57 Å². The molecule has 23 heavy (non-hydrogen) atoms. The molecule has 5 heteroatoms. The molecule has 0 atom stereocenters. The van der Waals surface area contributed by atoms with Crippen LogP contribution in [0.25, 0.3) is 27.4 Å². The van der Waals surface area contributed by atoms with Gasteiger partial charge >= 0.3 is 0 Å². The van der Waals surface area contributed by atoms with Crippen LogP contribution in [-0.2, 0) is 6.54 Å². The lowest BCUT2D eigenvalue weighted by atomic mass is 10.0. The standard InChI is InChI=1S/C18H19N5/c1-23(2)10-13-8-15-17(21-13)14-4-3-11(12-5-6-20-9-12)7-16(14)22-18(15)19/h3-8,21H,9-10H2,1-2H3,(H2,19,22). The third-order valence-corrected chi connectivity index (χ3v) is 4.16. The van der Waals surface area contributed by atoms with Crippen molar-refractivity contribution in [3.8, 4) is 0 Å². The van der Waals surface area contributed by atoms with Crippen LogP contribution in [0.1, 0.15) is 11.3 Å². The number of rotatable bonds is 3. The van der Waals surface area contributed by atoms with Crippen LogP contribution in [0.2, 0.25) is 0 Å². The lowest BCUT2D eigenvalue weighted by Gasteiger charge is -2.07. The molecule has 0 amide bonds. The molecule has 5 nitrogen and oxygen atoms in total. The highest BCUT2D eigenvalue weighted by molar-refractivity contribution is 6.09. The van der Waals surface area contributed by atoms with Crippen molar-refractivity contribution in [3.63, 3.8) is 0 Å². The van der Waals surface area contributed by atoms with Crippen LogP contribution in [0.15, 0.2) is 35.3 Å². The third kappa shape index (κ3) is 2.39. The molecule has 1 aliphatic rings. The Morgan fingerprint density at radius 2 is 2.09 bits per heavy atom. The quantitative estimate of drug-likeness (QED) is 0.781. The fourth-order valence-corrected chi connectivity index (χ4v) is 3.11. The predicted octanol–water partition coefficient (Wildman–Crippen LogP) is 2.83. The van der Waals surface area contributed by atoms with Crippen LogP contribution in [-0.4, -0.2) is 41.7 Å². The summed E-state index contributed by atoms with van der Waals surface area (Å²) in [4.78, 5) is 14.5. The molecule has 0 bridgehead atoms. The number of aromatic nitrogens is 2. The van der Waals surface area contributed by atoms with Gasteiger partial charge in [-0.3, -0.25) is 4.99 Å². The monoisotopic (exact) mass is 305 g/mol. The molecular weight excluding hydrogens is 286 g/mol. The number of fused-ring (bicyclic) bond motifs is 3. The third-order valence-electron chi connectivity index (χ3n) is 4.16. The number of aliphatic imine (C=N–C) groups is 1. The zero-order valence-electron chi connectivity index (χ0n) is 13.3. The van der Waals surface area contributed by atoms with Gasteiger partial charge in [0.2, 0.25) is 0 Å². The number of nitrogen functional groups attached to an aromatic ring is 1. The maximum atomic E-state index is 6.19. The normalized spacial score (nSPS) is 14.3. The van der Waals surface area contributed by atoms with Gasteiger partial charge in [0.1, 0.15) is 5.82 Å². The number of allylic oxidation sites excluding steroid dienone is 1. The van der Waals surface area contributed by atoms with Crippen molar-refractivity contribution in [1.82, 2.24) is 14.9 Å². The fraction of sp³-hybridized carbons (Fsp3) is 0.222. The molecule has 1 aromatic carbocycles. The topological polar surface area (TPSA) is 70.3 Å². The van der Waals surface area contributed by atoms with Gasteiger partial charge in [-0.1, -0.05) is 12.1 Å². The minimum absolute atomic E-state index is 0.572. The van der Waals surface area contributed by atoms with Crippen molar-refractivity contribution in [3.05, 3.63) is 41.6 Å². The highest BCUT2D eigenvalue weighted by Gasteiger charge is 2.12. The van der Waals surface area contributed by atoms with Crippen molar-refractivity contribution in [1.29, 1.82) is 0 Å². The van der Waals surface area contributed by atoms with Crippen LogP contribution >= 0.6 is 0 Å². The first-order chi connectivity index (χ1) is 11.1. The molecule has 0 radical (unpaired) electrons. The molecule has 4 rings (SSSR count). The number of anilines is 1. The fourth-order valence-electron chi connectivity index (χ4n) is 3.11. The number of H-pyrrole nitrogens is 1. The Bertz CT molecular complexity index is 962. The Balaban J connectivity index is 1.89. The summed E-state index contributed by atoms with van der Waals surface area (Å²) < 4.78 is 0. The van der Waals surface area contributed by atoms with Gasteiger partial charge < -0.3 is 15.6 Å². The van der Waals surface area contributed by atoms with Crippen molar-refractivity contribution >= 4 is 39.4 Å². The van der Waals surface area contributed by atoms with E-state index in [4.69, 9.17) is 5.73 Å². The molecule has 1 aliphatic heterocycles. The van der Waals surface area contributed by atoms with Gasteiger partial charge in [0, 0.05) is 29.2 Å². The van der Waals surface area contributed by atoms with Gasteiger partial charge in [0.05, 0.1) is 17.6 Å². The van der Waals surface area contributed by atoms with Gasteiger partial charge in [-0.05, 0) is 43.4 Å². The first kappa shape index (κ1) is 14.0. The number of nitrogens with zero attached hydrogens (tertiary/aromatic N) is 3. The number of pyridine rings is 1. The minimum atomic E-state index is 0.572. The average molecular weight is 305 g/mol. The van der Waals surface area contributed by atoms with Crippen LogP contribution < -0.4 is 5.73 Å². The molecule has 0 aliphatic carbocycles. The van der Waals surface area contributed by atoms with E-state index in [1.807, 2.05) is 12.3 Å². The summed E-state index contributed by atoms with van der Waals surface area (Å²) in [6.45, 7) is 1.58. The number of aromatic amines is 1. The second-order valence-electron chi connectivity index (χ2n) is 6.23. The van der Waals surface area contributed by atoms with Crippen LogP contribution in [0.3, 0.4) is 0 Å². The summed E-state index contributed by atoms with van der Waals surface area (Å²) in [5, 5.41) is 2.09. The zero-order chi connectivity index (χ0) is 16.0. The maximum absolute atomic E-state index is 6.19. The molecule has 3 N–H and O–H groups in total. The summed E-state index contributed by atoms with van der Waals surface area (Å²) in [5.74, 6) is 0.572. The molecule has 0 saturated carbocycles. The summed E-state index contributed by atoms with van der Waals surface area (Å²) in [6.07, 6.45) is 3.90. The van der Waals surface area contributed by atoms with E-state index in [2.05, 4.69) is 58.2 Å². The largest absolute Gasteiger partial charge is 0.383 e. The van der Waals surface area contributed by atoms with E-state index in [0.717, 1.165) is 46.2 Å². The van der Waals surface area contributed by atoms with Crippen molar-refractivity contribution in [2.24, 2.45) is 4.99 Å². The number of nitrogens with one attached hydrogen (secondary N) is 1. The average Bonchev–Trinajstić information content (AvgIpc) is 3.15. The number of hydrogen-bond donors (Lipinski definition) is 2. The molecule has 2 aromatic heterocycles. The molecule has 3 heterocycles. The number of hydrogen-bond acceptors (Lipinski definition) is 4. The Morgan fingerprint density at radius 3 is 2.83 bits per heavy atom. The van der Waals surface area contributed by atoms with E-state index < -0.39 is 0 Å². The summed E-state index contributed by atoms with van der Waals surface area (Å²) in [6, 6.07) is 8.44. The van der Waals surface area contributed by atoms with E-state index in [0.29, 0.717) is 5.82 Å². The highest BCUT2D eigenvalue weighted by atomic mass is 15.1. The van der Waals surface area contributed by atoms with E-state index in [1.54, 1.807) is 0 Å². The van der Waals surface area contributed by atoms with Crippen LogP contribution in [0.4, 0.5) is 5.82 Å². The van der Waals surface area contributed by atoms with Crippen molar-refractivity contribution in [2.75, 3.05) is 26.4 Å². The first-order valence-electron chi connectivity index (χ1n) is 7.67. The lowest BCUT2D eigenvalue weighted by Crippen LogP contribution is -2.10. The van der Waals surface area contributed by atoms with Gasteiger partial charge in [-0.25, -0.2) is 4.98 Å². The Morgan fingerprint density at radius 1 is 1.22 bits per heavy atom. The molecule has 0 fully saturated rings. The predicted molar refractivity (Wildman–Crippen MR) is 96.7 cm³/mol. The molecular formula is C18H19N5. The van der Waals surface area contributed by atoms with Gasteiger partial charge in [-0.15, -0.1) is 0 Å². The number of nitrogens with two attached hydrogens (primary N) is 1. The molecule has 0 spiro atoms. The minimum Gasteiger partial charge on any atom is -0.383 e. The van der Waals surface area contributed by atoms with Crippen LogP contribution in [0.5, 0.6) is 0 Å². The highest BCUT2D eigenvalue weighted by Crippen LogP contribution is 2.30. The van der Waals surface area contributed by atoms with Gasteiger partial charge in [0.25, 0.3) is 0 Å². The first-order valence-corrected chi connectivity index (χ1v) is 7.67. The van der Waals surface area contributed by atoms with Crippen molar-refractivity contribution < 1.29 is 0 Å². The van der Waals surface area contributed by atoms with E-state index in [9.17, 15) is 0 Å². The summed E-state index contributed by atoms with van der Waals surface area (Å²) in [5.41, 5.74) is 11.7. The Labute approximate surface area is 134 Å². The van der Waals surface area contributed by atoms with E-state index >= 15 is 0 Å². The van der Waals surface area contributed by atoms with Gasteiger partial charge in [-0.2, -0.15) is 0 Å². The summed E-state index contributed by atoms with van der Waals surface area (Å²) in [7, 11) is 4.10. The zero-order valence-corrected chi connectivity index (χ0v) is 13.3. The molecule has 0 saturated heterocycles. The smallest absolute Gasteiger partial charge is 0.133 e.